The van der Waals surface area contributed by atoms with Crippen molar-refractivity contribution in [3.05, 3.63) is 101 Å². The molecule has 29 heavy (non-hydrogen) atoms. The van der Waals surface area contributed by atoms with Crippen LogP contribution < -0.4 is 11.1 Å². The number of fused-ring (bicyclic) bond motifs is 1. The highest BCUT2D eigenvalue weighted by Crippen LogP contribution is 2.29. The van der Waals surface area contributed by atoms with Gasteiger partial charge in [-0.25, -0.2) is 4.39 Å². The second kappa shape index (κ2) is 7.41. The van der Waals surface area contributed by atoms with Crippen molar-refractivity contribution in [2.45, 2.75) is 0 Å². The van der Waals surface area contributed by atoms with Gasteiger partial charge in [0, 0.05) is 16.8 Å². The fourth-order valence-electron chi connectivity index (χ4n) is 3.18. The first-order valence-corrected chi connectivity index (χ1v) is 9.10. The standard InChI is InChI=1S/C22H15ClFN3O2/c23-14-10-8-13(9-11-14)21(28)20-19(25)18(17-7-3-4-12-27(17)20)22(29)26-16-6-2-1-5-15(16)24/h1-12H,25H2,(H,26,29). The van der Waals surface area contributed by atoms with Crippen molar-refractivity contribution in [2.75, 3.05) is 11.1 Å². The lowest BCUT2D eigenvalue weighted by molar-refractivity contribution is 0.102. The van der Waals surface area contributed by atoms with E-state index in [1.807, 2.05) is 0 Å². The number of benzene rings is 2. The average Bonchev–Trinajstić information content (AvgIpc) is 3.01. The summed E-state index contributed by atoms with van der Waals surface area (Å²) in [6.45, 7) is 0. The fraction of sp³-hybridized carbons (Fsp3) is 0. The molecule has 5 nitrogen and oxygen atoms in total. The molecule has 144 valence electrons. The number of ketones is 1. The largest absolute Gasteiger partial charge is 0.396 e. The van der Waals surface area contributed by atoms with E-state index in [1.165, 1.54) is 18.2 Å². The molecule has 0 atom stereocenters. The van der Waals surface area contributed by atoms with E-state index in [2.05, 4.69) is 5.32 Å². The van der Waals surface area contributed by atoms with Crippen molar-refractivity contribution >= 4 is 40.2 Å². The summed E-state index contributed by atoms with van der Waals surface area (Å²) in [5.41, 5.74) is 7.38. The van der Waals surface area contributed by atoms with Crippen LogP contribution in [0, 0.1) is 5.82 Å². The first kappa shape index (κ1) is 18.7. The quantitative estimate of drug-likeness (QED) is 0.477. The van der Waals surface area contributed by atoms with Crippen LogP contribution in [0.1, 0.15) is 26.4 Å². The van der Waals surface area contributed by atoms with Crippen LogP contribution in [0.5, 0.6) is 0 Å². The molecule has 0 aliphatic heterocycles. The molecule has 0 radical (unpaired) electrons. The molecule has 0 spiro atoms. The molecular weight excluding hydrogens is 393 g/mol. The Morgan fingerprint density at radius 2 is 1.66 bits per heavy atom. The zero-order valence-corrected chi connectivity index (χ0v) is 15.8. The number of nitrogens with zero attached hydrogens (tertiary/aromatic N) is 1. The van der Waals surface area contributed by atoms with Crippen molar-refractivity contribution in [3.63, 3.8) is 0 Å². The third-order valence-electron chi connectivity index (χ3n) is 4.55. The van der Waals surface area contributed by atoms with E-state index in [1.54, 1.807) is 59.1 Å². The van der Waals surface area contributed by atoms with Crippen molar-refractivity contribution in [2.24, 2.45) is 0 Å². The van der Waals surface area contributed by atoms with Crippen LogP contribution >= 0.6 is 11.6 Å². The van der Waals surface area contributed by atoms with Gasteiger partial charge in [0.25, 0.3) is 5.91 Å². The molecule has 2 aromatic carbocycles. The Balaban J connectivity index is 1.83. The Bertz CT molecular complexity index is 1250. The van der Waals surface area contributed by atoms with E-state index in [9.17, 15) is 14.0 Å². The van der Waals surface area contributed by atoms with Crippen LogP contribution in [-0.2, 0) is 0 Å². The highest BCUT2D eigenvalue weighted by atomic mass is 35.5. The van der Waals surface area contributed by atoms with Gasteiger partial charge in [-0.05, 0) is 48.5 Å². The van der Waals surface area contributed by atoms with E-state index in [4.69, 9.17) is 17.3 Å². The number of pyridine rings is 1. The molecule has 0 bridgehead atoms. The van der Waals surface area contributed by atoms with Crippen LogP contribution in [0.4, 0.5) is 15.8 Å². The van der Waals surface area contributed by atoms with Crippen molar-refractivity contribution < 1.29 is 14.0 Å². The summed E-state index contributed by atoms with van der Waals surface area (Å²) in [5, 5.41) is 3.02. The Hall–Kier alpha value is -3.64. The summed E-state index contributed by atoms with van der Waals surface area (Å²) in [4.78, 5) is 26.0. The summed E-state index contributed by atoms with van der Waals surface area (Å²) in [5.74, 6) is -1.53. The number of carbonyl (C=O) groups is 2. The second-order valence-electron chi connectivity index (χ2n) is 6.36. The van der Waals surface area contributed by atoms with Gasteiger partial charge >= 0.3 is 0 Å². The molecule has 4 aromatic rings. The monoisotopic (exact) mass is 407 g/mol. The predicted molar refractivity (Wildman–Crippen MR) is 111 cm³/mol. The molecule has 0 unspecified atom stereocenters. The summed E-state index contributed by atoms with van der Waals surface area (Å²) < 4.78 is 15.5. The van der Waals surface area contributed by atoms with Crippen LogP contribution in [0.15, 0.2) is 72.9 Å². The van der Waals surface area contributed by atoms with Crippen molar-refractivity contribution in [1.29, 1.82) is 0 Å². The zero-order valence-electron chi connectivity index (χ0n) is 15.0. The van der Waals surface area contributed by atoms with Gasteiger partial charge in [-0.2, -0.15) is 0 Å². The van der Waals surface area contributed by atoms with E-state index in [-0.39, 0.29) is 28.4 Å². The molecule has 4 rings (SSSR count). The molecular formula is C22H15ClFN3O2. The number of anilines is 2. The molecule has 0 fully saturated rings. The van der Waals surface area contributed by atoms with Gasteiger partial charge in [-0.3, -0.25) is 9.59 Å². The minimum absolute atomic E-state index is 0.0185. The van der Waals surface area contributed by atoms with Crippen LogP contribution in [0.3, 0.4) is 0 Å². The number of nitrogen functional groups attached to an aromatic ring is 1. The number of halogens is 2. The number of nitrogens with one attached hydrogen (secondary N) is 1. The SMILES string of the molecule is Nc1c(C(=O)Nc2ccccc2F)c2ccccn2c1C(=O)c1ccc(Cl)cc1. The average molecular weight is 408 g/mol. The Morgan fingerprint density at radius 3 is 2.38 bits per heavy atom. The first-order chi connectivity index (χ1) is 14.0. The van der Waals surface area contributed by atoms with Gasteiger partial charge < -0.3 is 15.5 Å². The highest BCUT2D eigenvalue weighted by Gasteiger charge is 2.26. The van der Waals surface area contributed by atoms with Gasteiger partial charge in [0.05, 0.1) is 22.5 Å². The number of aromatic nitrogens is 1. The number of carbonyl (C=O) groups excluding carboxylic acids is 2. The summed E-state index contributed by atoms with van der Waals surface area (Å²) in [7, 11) is 0. The van der Waals surface area contributed by atoms with Gasteiger partial charge in [0.2, 0.25) is 5.78 Å². The lowest BCUT2D eigenvalue weighted by Crippen LogP contribution is -2.15. The maximum Gasteiger partial charge on any atom is 0.260 e. The first-order valence-electron chi connectivity index (χ1n) is 8.72. The smallest absolute Gasteiger partial charge is 0.260 e. The number of rotatable bonds is 4. The predicted octanol–water partition coefficient (Wildman–Crippen LogP) is 4.80. The number of para-hydroxylation sites is 1. The minimum atomic E-state index is -0.605. The number of nitrogens with two attached hydrogens (primary N) is 1. The highest BCUT2D eigenvalue weighted by molar-refractivity contribution is 6.30. The molecule has 0 saturated carbocycles. The van der Waals surface area contributed by atoms with Crippen molar-refractivity contribution in [3.8, 4) is 0 Å². The topological polar surface area (TPSA) is 76.6 Å². The molecule has 0 aliphatic carbocycles. The number of hydrogen-bond acceptors (Lipinski definition) is 3. The van der Waals surface area contributed by atoms with Gasteiger partial charge in [-0.15, -0.1) is 0 Å². The van der Waals surface area contributed by atoms with E-state index < -0.39 is 11.7 Å². The van der Waals surface area contributed by atoms with E-state index in [0.29, 0.717) is 16.1 Å². The third-order valence-corrected chi connectivity index (χ3v) is 4.80. The van der Waals surface area contributed by atoms with Gasteiger partial charge in [-0.1, -0.05) is 29.8 Å². The normalized spacial score (nSPS) is 10.8. The molecule has 2 heterocycles. The fourth-order valence-corrected chi connectivity index (χ4v) is 3.31. The number of hydrogen-bond donors (Lipinski definition) is 2. The Kier molecular flexibility index (Phi) is 4.78. The van der Waals surface area contributed by atoms with E-state index >= 15 is 0 Å². The molecule has 3 N–H and O–H groups in total. The second-order valence-corrected chi connectivity index (χ2v) is 6.80. The van der Waals surface area contributed by atoms with E-state index in [0.717, 1.165) is 0 Å². The summed E-state index contributed by atoms with van der Waals surface area (Å²) >= 11 is 5.90. The molecule has 1 amide bonds. The summed E-state index contributed by atoms with van der Waals surface area (Å²) in [6, 6.07) is 17.3. The molecule has 0 aliphatic rings. The van der Waals surface area contributed by atoms with Crippen molar-refractivity contribution in [1.82, 2.24) is 4.40 Å². The van der Waals surface area contributed by atoms with Crippen LogP contribution in [0.2, 0.25) is 5.02 Å². The van der Waals surface area contributed by atoms with Crippen LogP contribution in [0.25, 0.3) is 5.52 Å². The Morgan fingerprint density at radius 1 is 0.966 bits per heavy atom. The van der Waals surface area contributed by atoms with Crippen LogP contribution in [-0.4, -0.2) is 16.1 Å². The summed E-state index contributed by atoms with van der Waals surface area (Å²) in [6.07, 6.45) is 1.65. The lowest BCUT2D eigenvalue weighted by Gasteiger charge is -2.06. The molecule has 2 aromatic heterocycles. The zero-order chi connectivity index (χ0) is 20.5. The number of amides is 1. The van der Waals surface area contributed by atoms with Gasteiger partial charge in [0.1, 0.15) is 11.5 Å². The minimum Gasteiger partial charge on any atom is -0.396 e. The Labute approximate surface area is 170 Å². The maximum atomic E-state index is 14.0. The maximum absolute atomic E-state index is 14.0. The molecule has 7 heteroatoms. The van der Waals surface area contributed by atoms with Gasteiger partial charge in [0.15, 0.2) is 0 Å². The lowest BCUT2D eigenvalue weighted by atomic mass is 10.1. The molecule has 0 saturated heterocycles. The third kappa shape index (κ3) is 3.34.